The van der Waals surface area contributed by atoms with Gasteiger partial charge in [-0.3, -0.25) is 4.79 Å². The van der Waals surface area contributed by atoms with E-state index in [2.05, 4.69) is 10.3 Å². The maximum atomic E-state index is 12.3. The normalized spacial score (nSPS) is 10.9. The average molecular weight is 427 g/mol. The Kier molecular flexibility index (Phi) is 10.8. The molecule has 25 heavy (non-hydrogen) atoms. The van der Waals surface area contributed by atoms with Gasteiger partial charge in [0.05, 0.1) is 5.02 Å². The first-order valence-corrected chi connectivity index (χ1v) is 7.84. The van der Waals surface area contributed by atoms with E-state index in [0.717, 1.165) is 0 Å². The molecule has 0 aliphatic carbocycles. The van der Waals surface area contributed by atoms with Crippen molar-refractivity contribution in [2.24, 2.45) is 5.73 Å². The maximum Gasteiger partial charge on any atom is 0.256 e. The van der Waals surface area contributed by atoms with Crippen LogP contribution in [0.2, 0.25) is 10.0 Å². The van der Waals surface area contributed by atoms with Gasteiger partial charge in [0.25, 0.3) is 5.91 Å². The molecule has 9 heteroatoms. The van der Waals surface area contributed by atoms with Gasteiger partial charge in [-0.15, -0.1) is 24.8 Å². The number of hydrogen-bond donors (Lipinski definition) is 2. The molecule has 0 radical (unpaired) electrons. The van der Waals surface area contributed by atoms with Gasteiger partial charge in [-0.25, -0.2) is 4.98 Å². The average Bonchev–Trinajstić information content (AvgIpc) is 2.50. The van der Waals surface area contributed by atoms with Gasteiger partial charge in [0, 0.05) is 23.8 Å². The molecule has 0 fully saturated rings. The van der Waals surface area contributed by atoms with Crippen molar-refractivity contribution < 1.29 is 9.53 Å². The van der Waals surface area contributed by atoms with Crippen LogP contribution < -0.4 is 15.8 Å². The number of carbonyl (C=O) groups excluding carboxylic acids is 1. The summed E-state index contributed by atoms with van der Waals surface area (Å²) in [6.45, 7) is 2.36. The van der Waals surface area contributed by atoms with E-state index in [1.165, 1.54) is 6.20 Å². The molecule has 1 aromatic carbocycles. The molecule has 1 atom stereocenters. The van der Waals surface area contributed by atoms with Crippen LogP contribution in [0, 0.1) is 0 Å². The highest BCUT2D eigenvalue weighted by molar-refractivity contribution is 6.35. The molecule has 2 rings (SSSR count). The first-order chi connectivity index (χ1) is 11.0. The summed E-state index contributed by atoms with van der Waals surface area (Å²) < 4.78 is 5.66. The number of benzene rings is 1. The van der Waals surface area contributed by atoms with E-state index >= 15 is 0 Å². The lowest BCUT2D eigenvalue weighted by molar-refractivity contribution is 0.0950. The van der Waals surface area contributed by atoms with Gasteiger partial charge in [-0.1, -0.05) is 23.2 Å². The van der Waals surface area contributed by atoms with Crippen molar-refractivity contribution in [3.63, 3.8) is 0 Å². The number of nitrogens with two attached hydrogens (primary N) is 1. The molecule has 5 nitrogen and oxygen atoms in total. The lowest BCUT2D eigenvalue weighted by Gasteiger charge is -2.12. The fourth-order valence-electron chi connectivity index (χ4n) is 1.82. The first kappa shape index (κ1) is 23.8. The van der Waals surface area contributed by atoms with Crippen LogP contribution in [0.1, 0.15) is 23.7 Å². The Balaban J connectivity index is 0.00000288. The molecule has 138 valence electrons. The zero-order chi connectivity index (χ0) is 16.8. The number of ether oxygens (including phenoxy) is 1. The summed E-state index contributed by atoms with van der Waals surface area (Å²) in [5.74, 6) is 0.272. The van der Waals surface area contributed by atoms with Crippen molar-refractivity contribution in [1.82, 2.24) is 10.3 Å². The van der Waals surface area contributed by atoms with Crippen molar-refractivity contribution in [3.8, 4) is 11.6 Å². The largest absolute Gasteiger partial charge is 0.437 e. The fraction of sp³-hybridized carbons (Fsp3) is 0.250. The van der Waals surface area contributed by atoms with E-state index in [1.54, 1.807) is 30.3 Å². The second-order valence-electron chi connectivity index (χ2n) is 5.05. The third-order valence-corrected chi connectivity index (χ3v) is 3.53. The fourth-order valence-corrected chi connectivity index (χ4v) is 2.26. The molecule has 1 aromatic heterocycles. The highest BCUT2D eigenvalue weighted by atomic mass is 35.5. The Bertz CT molecular complexity index is 699. The van der Waals surface area contributed by atoms with Crippen LogP contribution in [0.5, 0.6) is 11.6 Å². The summed E-state index contributed by atoms with van der Waals surface area (Å²) in [7, 11) is 0. The van der Waals surface area contributed by atoms with Crippen LogP contribution in [0.4, 0.5) is 0 Å². The zero-order valence-electron chi connectivity index (χ0n) is 13.4. The van der Waals surface area contributed by atoms with Crippen molar-refractivity contribution in [3.05, 3.63) is 52.1 Å². The van der Waals surface area contributed by atoms with E-state index in [0.29, 0.717) is 34.3 Å². The van der Waals surface area contributed by atoms with Crippen LogP contribution in [-0.4, -0.2) is 23.5 Å². The van der Waals surface area contributed by atoms with Crippen LogP contribution in [0.15, 0.2) is 36.5 Å². The molecule has 0 aliphatic rings. The van der Waals surface area contributed by atoms with Crippen LogP contribution in [-0.2, 0) is 0 Å². The summed E-state index contributed by atoms with van der Waals surface area (Å²) in [6.07, 6.45) is 2.23. The minimum absolute atomic E-state index is 0. The molecule has 0 saturated carbocycles. The third kappa shape index (κ3) is 7.26. The molecular weight excluding hydrogens is 408 g/mol. The van der Waals surface area contributed by atoms with E-state index < -0.39 is 0 Å². The van der Waals surface area contributed by atoms with Crippen molar-refractivity contribution in [1.29, 1.82) is 0 Å². The van der Waals surface area contributed by atoms with E-state index in [9.17, 15) is 4.79 Å². The van der Waals surface area contributed by atoms with E-state index in [-0.39, 0.29) is 42.6 Å². The Morgan fingerprint density at radius 3 is 2.68 bits per heavy atom. The van der Waals surface area contributed by atoms with Gasteiger partial charge in [0.15, 0.2) is 0 Å². The lowest BCUT2D eigenvalue weighted by atomic mass is 10.2. The summed E-state index contributed by atoms with van der Waals surface area (Å²) >= 11 is 11.9. The Morgan fingerprint density at radius 2 is 2.04 bits per heavy atom. The minimum Gasteiger partial charge on any atom is -0.437 e. The molecular formula is C16H19Cl4N3O2. The predicted octanol–water partition coefficient (Wildman–Crippen LogP) is 4.49. The Morgan fingerprint density at radius 1 is 1.32 bits per heavy atom. The number of halogens is 4. The second kappa shape index (κ2) is 11.4. The van der Waals surface area contributed by atoms with Crippen molar-refractivity contribution in [2.75, 3.05) is 6.54 Å². The molecule has 3 N–H and O–H groups in total. The summed E-state index contributed by atoms with van der Waals surface area (Å²) in [5.41, 5.74) is 5.99. The van der Waals surface area contributed by atoms with Crippen LogP contribution in [0.25, 0.3) is 0 Å². The molecule has 2 aromatic rings. The Hall–Kier alpha value is -1.24. The summed E-state index contributed by atoms with van der Waals surface area (Å²) in [6, 6.07) is 8.15. The van der Waals surface area contributed by atoms with Crippen molar-refractivity contribution in [2.45, 2.75) is 19.4 Å². The predicted molar refractivity (Wildman–Crippen MR) is 106 cm³/mol. The molecule has 1 heterocycles. The topological polar surface area (TPSA) is 77.2 Å². The highest BCUT2D eigenvalue weighted by Crippen LogP contribution is 2.31. The van der Waals surface area contributed by atoms with Gasteiger partial charge in [0.2, 0.25) is 5.88 Å². The highest BCUT2D eigenvalue weighted by Gasteiger charge is 2.15. The molecule has 1 amide bonds. The van der Waals surface area contributed by atoms with Gasteiger partial charge in [-0.05, 0) is 43.7 Å². The smallest absolute Gasteiger partial charge is 0.256 e. The molecule has 0 spiro atoms. The quantitative estimate of drug-likeness (QED) is 0.713. The SMILES string of the molecule is CC(N)CCNC(=O)c1cccnc1Oc1ccc(Cl)cc1Cl.Cl.Cl. The first-order valence-electron chi connectivity index (χ1n) is 7.09. The Labute approximate surface area is 169 Å². The van der Waals surface area contributed by atoms with E-state index in [1.807, 2.05) is 6.92 Å². The van der Waals surface area contributed by atoms with E-state index in [4.69, 9.17) is 33.7 Å². The number of rotatable bonds is 6. The molecule has 0 bridgehead atoms. The maximum absolute atomic E-state index is 12.3. The lowest BCUT2D eigenvalue weighted by Crippen LogP contribution is -2.29. The monoisotopic (exact) mass is 425 g/mol. The van der Waals surface area contributed by atoms with Gasteiger partial charge >= 0.3 is 0 Å². The van der Waals surface area contributed by atoms with Gasteiger partial charge in [-0.2, -0.15) is 0 Å². The summed E-state index contributed by atoms with van der Waals surface area (Å²) in [5, 5.41) is 3.62. The number of nitrogens with one attached hydrogen (secondary N) is 1. The summed E-state index contributed by atoms with van der Waals surface area (Å²) in [4.78, 5) is 16.4. The zero-order valence-corrected chi connectivity index (χ0v) is 16.5. The minimum atomic E-state index is -0.279. The second-order valence-corrected chi connectivity index (χ2v) is 5.90. The van der Waals surface area contributed by atoms with Gasteiger partial charge < -0.3 is 15.8 Å². The standard InChI is InChI=1S/C16H17Cl2N3O2.2ClH/c1-10(19)6-8-20-15(22)12-3-2-7-21-16(12)23-14-5-4-11(17)9-13(14)18;;/h2-5,7,9-10H,6,8,19H2,1H3,(H,20,22);2*1H. The van der Waals surface area contributed by atoms with Crippen LogP contribution >= 0.6 is 48.0 Å². The molecule has 0 saturated heterocycles. The number of aromatic nitrogens is 1. The van der Waals surface area contributed by atoms with Crippen molar-refractivity contribution >= 4 is 53.9 Å². The van der Waals surface area contributed by atoms with Crippen LogP contribution in [0.3, 0.4) is 0 Å². The number of carbonyl (C=O) groups is 1. The molecule has 0 aliphatic heterocycles. The number of nitrogens with zero attached hydrogens (tertiary/aromatic N) is 1. The third-order valence-electron chi connectivity index (χ3n) is 3.00. The number of hydrogen-bond acceptors (Lipinski definition) is 4. The van der Waals surface area contributed by atoms with Gasteiger partial charge in [0.1, 0.15) is 11.3 Å². The number of amides is 1. The number of pyridine rings is 1. The molecule has 1 unspecified atom stereocenters.